The monoisotopic (exact) mass is 445 g/mol. The van der Waals surface area contributed by atoms with Crippen LogP contribution in [0.4, 0.5) is 4.79 Å². The fourth-order valence-corrected chi connectivity index (χ4v) is 4.78. The van der Waals surface area contributed by atoms with Gasteiger partial charge < -0.3 is 19.9 Å². The Morgan fingerprint density at radius 2 is 1.73 bits per heavy atom. The van der Waals surface area contributed by atoms with Gasteiger partial charge in [-0.2, -0.15) is 0 Å². The van der Waals surface area contributed by atoms with Gasteiger partial charge in [-0.25, -0.2) is 4.79 Å². The fraction of sp³-hybridized carbons (Fsp3) is 0.321. The molecule has 0 spiro atoms. The Hall–Kier alpha value is -3.47. The zero-order valence-electron chi connectivity index (χ0n) is 19.0. The van der Waals surface area contributed by atoms with Gasteiger partial charge in [-0.15, -0.1) is 0 Å². The van der Waals surface area contributed by atoms with Gasteiger partial charge in [0.1, 0.15) is 11.5 Å². The summed E-state index contributed by atoms with van der Waals surface area (Å²) in [5.41, 5.74) is 5.39. The molecule has 0 radical (unpaired) electrons. The summed E-state index contributed by atoms with van der Waals surface area (Å²) in [5, 5.41) is 11.0. The first-order valence-corrected chi connectivity index (χ1v) is 11.6. The fourth-order valence-electron chi connectivity index (χ4n) is 4.78. The molecule has 1 aliphatic carbocycles. The summed E-state index contributed by atoms with van der Waals surface area (Å²) in [6.07, 6.45) is 2.71. The number of ether oxygens (including phenoxy) is 2. The highest BCUT2D eigenvalue weighted by atomic mass is 16.5. The summed E-state index contributed by atoms with van der Waals surface area (Å²) in [6, 6.07) is 25.7. The minimum atomic E-state index is -0.983. The molecule has 2 unspecified atom stereocenters. The molecule has 2 N–H and O–H groups in total. The lowest BCUT2D eigenvalue weighted by Crippen LogP contribution is -2.22. The van der Waals surface area contributed by atoms with Crippen LogP contribution in [0.15, 0.2) is 72.8 Å². The molecule has 0 heterocycles. The van der Waals surface area contributed by atoms with Gasteiger partial charge in [-0.1, -0.05) is 48.5 Å². The minimum Gasteiger partial charge on any atom is -0.497 e. The summed E-state index contributed by atoms with van der Waals surface area (Å²) in [7, 11) is 1.72. The molecule has 172 valence electrons. The van der Waals surface area contributed by atoms with Crippen LogP contribution in [-0.4, -0.2) is 31.5 Å². The van der Waals surface area contributed by atoms with Gasteiger partial charge >= 0.3 is 6.09 Å². The Morgan fingerprint density at radius 3 is 2.45 bits per heavy atom. The third-order valence-electron chi connectivity index (χ3n) is 6.40. The van der Waals surface area contributed by atoms with E-state index in [9.17, 15) is 4.79 Å². The predicted molar refractivity (Wildman–Crippen MR) is 130 cm³/mol. The molecule has 5 nitrogen and oxygen atoms in total. The molecule has 1 aliphatic rings. The zero-order chi connectivity index (χ0) is 23.0. The third kappa shape index (κ3) is 5.67. The van der Waals surface area contributed by atoms with Crippen molar-refractivity contribution in [2.45, 2.75) is 37.5 Å². The van der Waals surface area contributed by atoms with E-state index in [2.05, 4.69) is 66.0 Å². The number of unbranched alkanes of at least 4 members (excludes halogenated alkanes) is 1. The van der Waals surface area contributed by atoms with Crippen molar-refractivity contribution in [3.8, 4) is 11.5 Å². The number of nitrogens with one attached hydrogen (secondary N) is 1. The molecule has 1 amide bonds. The van der Waals surface area contributed by atoms with Crippen molar-refractivity contribution >= 4 is 6.09 Å². The van der Waals surface area contributed by atoms with Crippen LogP contribution in [0.25, 0.3) is 0 Å². The summed E-state index contributed by atoms with van der Waals surface area (Å²) in [6.45, 7) is 1.02. The lowest BCUT2D eigenvalue weighted by molar-refractivity contribution is 0.194. The Bertz CT molecular complexity index is 1050. The third-order valence-corrected chi connectivity index (χ3v) is 6.40. The molecule has 4 rings (SSSR count). The predicted octanol–water partition coefficient (Wildman–Crippen LogP) is 5.98. The van der Waals surface area contributed by atoms with Crippen molar-refractivity contribution in [1.29, 1.82) is 0 Å². The van der Waals surface area contributed by atoms with Crippen molar-refractivity contribution in [2.75, 3.05) is 20.3 Å². The molecular weight excluding hydrogens is 414 g/mol. The van der Waals surface area contributed by atoms with Crippen molar-refractivity contribution < 1.29 is 19.4 Å². The molecule has 33 heavy (non-hydrogen) atoms. The molecule has 3 aromatic rings. The SMILES string of the molecule is COc1ccc2c(c1)CCC(c1ccccc1)C2c1ccc(OCCCCNC(=O)O)cc1. The van der Waals surface area contributed by atoms with Crippen LogP contribution >= 0.6 is 0 Å². The van der Waals surface area contributed by atoms with Crippen molar-refractivity contribution in [3.05, 3.63) is 95.1 Å². The van der Waals surface area contributed by atoms with E-state index in [4.69, 9.17) is 14.6 Å². The second-order valence-corrected chi connectivity index (χ2v) is 8.45. The molecule has 0 fully saturated rings. The van der Waals surface area contributed by atoms with Crippen LogP contribution < -0.4 is 14.8 Å². The van der Waals surface area contributed by atoms with E-state index in [1.165, 1.54) is 22.3 Å². The number of benzene rings is 3. The smallest absolute Gasteiger partial charge is 0.404 e. The lowest BCUT2D eigenvalue weighted by Gasteiger charge is -2.35. The number of carboxylic acid groups (broad SMARTS) is 1. The van der Waals surface area contributed by atoms with Crippen LogP contribution in [0.3, 0.4) is 0 Å². The molecule has 2 atom stereocenters. The Balaban J connectivity index is 1.51. The number of fused-ring (bicyclic) bond motifs is 1. The highest BCUT2D eigenvalue weighted by Gasteiger charge is 2.32. The molecular formula is C28H31NO4. The summed E-state index contributed by atoms with van der Waals surface area (Å²) in [4.78, 5) is 10.5. The highest BCUT2D eigenvalue weighted by Crippen LogP contribution is 2.47. The van der Waals surface area contributed by atoms with Gasteiger partial charge in [0.2, 0.25) is 0 Å². The first kappa shape index (κ1) is 22.7. The number of methoxy groups -OCH3 is 1. The number of carbonyl (C=O) groups is 1. The minimum absolute atomic E-state index is 0.276. The maximum Gasteiger partial charge on any atom is 0.404 e. The van der Waals surface area contributed by atoms with Gasteiger partial charge in [0.15, 0.2) is 0 Å². The quantitative estimate of drug-likeness (QED) is 0.397. The summed E-state index contributed by atoms with van der Waals surface area (Å²) < 4.78 is 11.3. The Morgan fingerprint density at radius 1 is 0.970 bits per heavy atom. The van der Waals surface area contributed by atoms with Crippen molar-refractivity contribution in [1.82, 2.24) is 5.32 Å². The normalized spacial score (nSPS) is 17.1. The summed E-state index contributed by atoms with van der Waals surface area (Å²) in [5.74, 6) is 2.44. The molecule has 0 saturated heterocycles. The topological polar surface area (TPSA) is 67.8 Å². The van der Waals surface area contributed by atoms with E-state index in [1.54, 1.807) is 7.11 Å². The molecule has 5 heteroatoms. The maximum absolute atomic E-state index is 10.5. The molecule has 3 aromatic carbocycles. The first-order chi connectivity index (χ1) is 16.2. The Kier molecular flexibility index (Phi) is 7.51. The van der Waals surface area contributed by atoms with E-state index in [1.807, 2.05) is 12.1 Å². The highest BCUT2D eigenvalue weighted by molar-refractivity contribution is 5.64. The second kappa shape index (κ2) is 10.9. The van der Waals surface area contributed by atoms with Gasteiger partial charge in [-0.3, -0.25) is 0 Å². The van der Waals surface area contributed by atoms with Gasteiger partial charge in [0, 0.05) is 12.5 Å². The number of hydrogen-bond acceptors (Lipinski definition) is 3. The number of amides is 1. The molecule has 0 aromatic heterocycles. The second-order valence-electron chi connectivity index (χ2n) is 8.45. The van der Waals surface area contributed by atoms with E-state index >= 15 is 0 Å². The molecule has 0 bridgehead atoms. The van der Waals surface area contributed by atoms with Crippen LogP contribution in [0.5, 0.6) is 11.5 Å². The number of rotatable bonds is 9. The maximum atomic E-state index is 10.5. The van der Waals surface area contributed by atoms with Gasteiger partial charge in [0.05, 0.1) is 13.7 Å². The van der Waals surface area contributed by atoms with E-state index in [0.29, 0.717) is 19.1 Å². The number of hydrogen-bond donors (Lipinski definition) is 2. The molecule has 0 saturated carbocycles. The van der Waals surface area contributed by atoms with E-state index in [-0.39, 0.29) is 5.92 Å². The van der Waals surface area contributed by atoms with Gasteiger partial charge in [-0.05, 0) is 78.1 Å². The van der Waals surface area contributed by atoms with Crippen molar-refractivity contribution in [2.24, 2.45) is 0 Å². The van der Waals surface area contributed by atoms with Crippen LogP contribution in [0, 0.1) is 0 Å². The Labute approximate surface area is 195 Å². The van der Waals surface area contributed by atoms with Crippen LogP contribution in [-0.2, 0) is 6.42 Å². The largest absolute Gasteiger partial charge is 0.497 e. The first-order valence-electron chi connectivity index (χ1n) is 11.6. The van der Waals surface area contributed by atoms with Crippen LogP contribution in [0.1, 0.15) is 53.4 Å². The van der Waals surface area contributed by atoms with Crippen molar-refractivity contribution in [3.63, 3.8) is 0 Å². The summed E-state index contributed by atoms with van der Waals surface area (Å²) >= 11 is 0. The van der Waals surface area contributed by atoms with Crippen LogP contribution in [0.2, 0.25) is 0 Å². The van der Waals surface area contributed by atoms with Gasteiger partial charge in [0.25, 0.3) is 0 Å². The van der Waals surface area contributed by atoms with E-state index < -0.39 is 6.09 Å². The average Bonchev–Trinajstić information content (AvgIpc) is 2.86. The standard InChI is InChI=1S/C28H31NO4/c1-32-24-14-16-26-22(19-24)11-15-25(20-7-3-2-4-8-20)27(26)21-9-12-23(13-10-21)33-18-6-5-17-29-28(30)31/h2-4,7-10,12-14,16,19,25,27,29H,5-6,11,15,17-18H2,1H3,(H,30,31). The lowest BCUT2D eigenvalue weighted by atomic mass is 9.69. The number of aryl methyl sites for hydroxylation is 1. The zero-order valence-corrected chi connectivity index (χ0v) is 19.0. The average molecular weight is 446 g/mol. The molecule has 0 aliphatic heterocycles. The van der Waals surface area contributed by atoms with E-state index in [0.717, 1.165) is 37.2 Å².